The number of nitrogens with zero attached hydrogens (tertiary/aromatic N) is 2. The molecule has 11 aromatic rings. The van der Waals surface area contributed by atoms with Gasteiger partial charge in [-0.3, -0.25) is 0 Å². The SMILES string of the molecule is CC(C)CCCCc1ccc2c3c1N(c1c(-c4ccccc4)cccc1-c1ccccc1)c1ccc(-c4ccccc4)cc1B3c1cc(-c3ccccc3)ccc1N2c1c(-c2ccccc2)cccc1-c1ccccc1. The van der Waals surface area contributed by atoms with Gasteiger partial charge in [0.05, 0.1) is 11.4 Å². The fraction of sp³-hybridized carbons (Fsp3) is 0.0959. The second kappa shape index (κ2) is 20.4. The number of para-hydroxylation sites is 2. The van der Waals surface area contributed by atoms with Crippen molar-refractivity contribution in [1.29, 1.82) is 0 Å². The maximum atomic E-state index is 2.72. The van der Waals surface area contributed by atoms with E-state index in [1.54, 1.807) is 0 Å². The average molecular weight is 975 g/mol. The van der Waals surface area contributed by atoms with Crippen LogP contribution in [0, 0.1) is 5.92 Å². The number of hydrogen-bond donors (Lipinski definition) is 0. The highest BCUT2D eigenvalue weighted by atomic mass is 15.2. The first-order valence-corrected chi connectivity index (χ1v) is 27.2. The largest absolute Gasteiger partial charge is 0.310 e. The average Bonchev–Trinajstić information content (AvgIpc) is 3.57. The first-order chi connectivity index (χ1) is 37.6. The van der Waals surface area contributed by atoms with Crippen LogP contribution in [0.1, 0.15) is 38.7 Å². The molecule has 11 aromatic carbocycles. The summed E-state index contributed by atoms with van der Waals surface area (Å²) in [4.78, 5) is 5.37. The molecular formula is C73H59BN2. The van der Waals surface area contributed by atoms with E-state index in [4.69, 9.17) is 0 Å². The lowest BCUT2D eigenvalue weighted by Crippen LogP contribution is -2.61. The Kier molecular flexibility index (Phi) is 12.6. The van der Waals surface area contributed by atoms with Crippen molar-refractivity contribution in [1.82, 2.24) is 0 Å². The third-order valence-electron chi connectivity index (χ3n) is 15.7. The van der Waals surface area contributed by atoms with Crippen molar-refractivity contribution in [2.24, 2.45) is 5.92 Å². The van der Waals surface area contributed by atoms with Gasteiger partial charge >= 0.3 is 0 Å². The zero-order valence-electron chi connectivity index (χ0n) is 43.3. The zero-order chi connectivity index (χ0) is 51.0. The standard InChI is InChI=1S/C73H59BN2/c1-51(2)25-21-22-38-58-43-48-69-70-71(58)76(73-63(56-34-17-7-18-35-56)41-24-42-64(73)57-36-19-8-20-37-57)68-47-45-60(53-28-11-4-12-29-53)50-66(68)74(70)65-49-59(52-26-9-3-10-27-52)44-46-67(65)75(69)72-61(54-30-13-5-14-31-54)39-23-40-62(72)55-32-15-6-16-33-55/h3-20,23-24,26-37,39-51H,21-22,25,38H2,1-2H3. The van der Waals surface area contributed by atoms with Crippen LogP contribution in [-0.4, -0.2) is 6.71 Å². The van der Waals surface area contributed by atoms with Crippen LogP contribution < -0.4 is 26.2 Å². The Morgan fingerprint density at radius 1 is 0.316 bits per heavy atom. The molecule has 0 unspecified atom stereocenters. The Balaban J connectivity index is 1.19. The molecule has 0 aliphatic carbocycles. The Morgan fingerprint density at radius 2 is 0.684 bits per heavy atom. The Labute approximate surface area is 449 Å². The van der Waals surface area contributed by atoms with Gasteiger partial charge in [0.1, 0.15) is 0 Å². The van der Waals surface area contributed by atoms with Gasteiger partial charge in [-0.2, -0.15) is 0 Å². The molecule has 2 aliphatic rings. The predicted molar refractivity (Wildman–Crippen MR) is 325 cm³/mol. The van der Waals surface area contributed by atoms with Crippen molar-refractivity contribution in [3.8, 4) is 66.8 Å². The molecule has 0 spiro atoms. The normalized spacial score (nSPS) is 12.3. The quantitative estimate of drug-likeness (QED) is 0.0839. The fourth-order valence-electron chi connectivity index (χ4n) is 12.2. The van der Waals surface area contributed by atoms with Gasteiger partial charge < -0.3 is 9.80 Å². The molecule has 2 aliphatic heterocycles. The molecule has 0 bridgehead atoms. The fourth-order valence-corrected chi connectivity index (χ4v) is 12.2. The summed E-state index contributed by atoms with van der Waals surface area (Å²) in [6, 6.07) is 99.5. The Morgan fingerprint density at radius 3 is 1.09 bits per heavy atom. The third kappa shape index (κ3) is 8.52. The van der Waals surface area contributed by atoms with Crippen molar-refractivity contribution in [3.05, 3.63) is 272 Å². The lowest BCUT2D eigenvalue weighted by Gasteiger charge is -2.46. The number of aryl methyl sites for hydroxylation is 1. The van der Waals surface area contributed by atoms with Crippen LogP contribution in [0.25, 0.3) is 66.8 Å². The van der Waals surface area contributed by atoms with Gasteiger partial charge in [-0.1, -0.05) is 275 Å². The molecule has 76 heavy (non-hydrogen) atoms. The Bertz CT molecular complexity index is 3670. The summed E-state index contributed by atoms with van der Waals surface area (Å²) in [7, 11) is 0. The third-order valence-corrected chi connectivity index (χ3v) is 15.7. The summed E-state index contributed by atoms with van der Waals surface area (Å²) < 4.78 is 0. The molecule has 2 nitrogen and oxygen atoms in total. The highest BCUT2D eigenvalue weighted by Crippen LogP contribution is 2.53. The highest BCUT2D eigenvalue weighted by molar-refractivity contribution is 7.00. The smallest absolute Gasteiger partial charge is 0.252 e. The molecule has 0 fully saturated rings. The molecule has 3 heteroatoms. The van der Waals surface area contributed by atoms with Gasteiger partial charge in [-0.25, -0.2) is 0 Å². The van der Waals surface area contributed by atoms with Gasteiger partial charge in [-0.05, 0) is 103 Å². The summed E-state index contributed by atoms with van der Waals surface area (Å²) in [6.45, 7) is 4.60. The van der Waals surface area contributed by atoms with Crippen molar-refractivity contribution in [2.45, 2.75) is 39.5 Å². The molecule has 2 heterocycles. The van der Waals surface area contributed by atoms with Crippen LogP contribution >= 0.6 is 0 Å². The van der Waals surface area contributed by atoms with E-state index in [0.717, 1.165) is 12.8 Å². The van der Waals surface area contributed by atoms with Crippen molar-refractivity contribution in [2.75, 3.05) is 9.80 Å². The second-order valence-electron chi connectivity index (χ2n) is 20.9. The van der Waals surface area contributed by atoms with E-state index in [1.165, 1.54) is 136 Å². The monoisotopic (exact) mass is 974 g/mol. The molecule has 0 saturated heterocycles. The van der Waals surface area contributed by atoms with Gasteiger partial charge in [0.15, 0.2) is 0 Å². The molecule has 0 amide bonds. The van der Waals surface area contributed by atoms with Crippen LogP contribution in [0.4, 0.5) is 34.1 Å². The molecular weight excluding hydrogens is 916 g/mol. The summed E-state index contributed by atoms with van der Waals surface area (Å²) in [6.07, 6.45) is 4.43. The van der Waals surface area contributed by atoms with E-state index >= 15 is 0 Å². The maximum Gasteiger partial charge on any atom is 0.252 e. The van der Waals surface area contributed by atoms with E-state index < -0.39 is 0 Å². The minimum atomic E-state index is -0.112. The molecule has 0 radical (unpaired) electrons. The lowest BCUT2D eigenvalue weighted by molar-refractivity contribution is 0.538. The van der Waals surface area contributed by atoms with Gasteiger partial charge in [0.2, 0.25) is 0 Å². The maximum absolute atomic E-state index is 2.72. The summed E-state index contributed by atoms with van der Waals surface area (Å²) in [5.41, 5.74) is 26.8. The molecule has 13 rings (SSSR count). The van der Waals surface area contributed by atoms with E-state index in [9.17, 15) is 0 Å². The molecule has 0 aromatic heterocycles. The Hall–Kier alpha value is -8.92. The summed E-state index contributed by atoms with van der Waals surface area (Å²) >= 11 is 0. The molecule has 0 saturated carbocycles. The van der Waals surface area contributed by atoms with Gasteiger partial charge in [0.25, 0.3) is 6.71 Å². The molecule has 0 atom stereocenters. The predicted octanol–water partition coefficient (Wildman–Crippen LogP) is 18.1. The van der Waals surface area contributed by atoms with Crippen molar-refractivity contribution < 1.29 is 0 Å². The summed E-state index contributed by atoms with van der Waals surface area (Å²) in [5, 5.41) is 0. The van der Waals surface area contributed by atoms with Gasteiger partial charge in [0, 0.05) is 45.0 Å². The lowest BCUT2D eigenvalue weighted by atomic mass is 9.33. The van der Waals surface area contributed by atoms with Crippen LogP contribution in [-0.2, 0) is 6.42 Å². The zero-order valence-corrected chi connectivity index (χ0v) is 43.3. The van der Waals surface area contributed by atoms with E-state index in [0.29, 0.717) is 5.92 Å². The van der Waals surface area contributed by atoms with Crippen molar-refractivity contribution in [3.63, 3.8) is 0 Å². The second-order valence-corrected chi connectivity index (χ2v) is 20.9. The number of hydrogen-bond acceptors (Lipinski definition) is 2. The highest BCUT2D eigenvalue weighted by Gasteiger charge is 2.46. The topological polar surface area (TPSA) is 6.48 Å². The van der Waals surface area contributed by atoms with Crippen LogP contribution in [0.2, 0.25) is 0 Å². The minimum absolute atomic E-state index is 0.112. The summed E-state index contributed by atoms with van der Waals surface area (Å²) in [5.74, 6) is 0.645. The molecule has 0 N–H and O–H groups in total. The van der Waals surface area contributed by atoms with Crippen LogP contribution in [0.5, 0.6) is 0 Å². The number of unbranched alkanes of at least 4 members (excludes halogenated alkanes) is 1. The number of anilines is 6. The van der Waals surface area contributed by atoms with E-state index in [1.807, 2.05) is 0 Å². The van der Waals surface area contributed by atoms with E-state index in [2.05, 4.69) is 291 Å². The first-order valence-electron chi connectivity index (χ1n) is 27.2. The van der Waals surface area contributed by atoms with E-state index in [-0.39, 0.29) is 6.71 Å². The number of benzene rings is 11. The minimum Gasteiger partial charge on any atom is -0.310 e. The molecule has 364 valence electrons. The van der Waals surface area contributed by atoms with Gasteiger partial charge in [-0.15, -0.1) is 0 Å². The number of fused-ring (bicyclic) bond motifs is 4. The van der Waals surface area contributed by atoms with Crippen LogP contribution in [0.15, 0.2) is 267 Å². The van der Waals surface area contributed by atoms with Crippen LogP contribution in [0.3, 0.4) is 0 Å². The first kappa shape index (κ1) is 46.8. The van der Waals surface area contributed by atoms with Crippen molar-refractivity contribution >= 4 is 57.2 Å². The number of rotatable bonds is 13.